The Balaban J connectivity index is 2.67. The van der Waals surface area contributed by atoms with Crippen LogP contribution in [0, 0.1) is 0 Å². The van der Waals surface area contributed by atoms with Crippen molar-refractivity contribution >= 4 is 23.7 Å². The fraction of sp³-hybridized carbons (Fsp3) is 0.444. The first-order valence-electron chi connectivity index (χ1n) is 8.84. The van der Waals surface area contributed by atoms with E-state index in [9.17, 15) is 29.4 Å². The molecule has 0 radical (unpaired) electrons. The average molecular weight is 410 g/mol. The molecular weight excluding hydrogens is 384 g/mol. The topological polar surface area (TPSA) is 191 Å². The van der Waals surface area contributed by atoms with Gasteiger partial charge in [-0.2, -0.15) is 0 Å². The maximum Gasteiger partial charge on any atom is 0.326 e. The summed E-state index contributed by atoms with van der Waals surface area (Å²) in [6.07, 6.45) is 0.0525. The Morgan fingerprint density at radius 1 is 0.897 bits per heavy atom. The molecule has 4 atom stereocenters. The number of carboxylic acid groups (broad SMARTS) is 1. The fourth-order valence-corrected chi connectivity index (χ4v) is 2.28. The summed E-state index contributed by atoms with van der Waals surface area (Å²) >= 11 is 0. The Morgan fingerprint density at radius 2 is 1.48 bits per heavy atom. The number of carbonyl (C=O) groups excluding carboxylic acids is 3. The van der Waals surface area contributed by atoms with Gasteiger partial charge in [-0.15, -0.1) is 0 Å². The van der Waals surface area contributed by atoms with Gasteiger partial charge in [-0.3, -0.25) is 14.4 Å². The molecule has 0 bridgehead atoms. The van der Waals surface area contributed by atoms with Crippen LogP contribution in [-0.2, 0) is 25.6 Å². The molecule has 0 spiro atoms. The van der Waals surface area contributed by atoms with Crippen LogP contribution in [0.4, 0.5) is 0 Å². The van der Waals surface area contributed by atoms with Gasteiger partial charge in [-0.1, -0.05) is 30.3 Å². The summed E-state index contributed by atoms with van der Waals surface area (Å²) in [4.78, 5) is 47.5. The van der Waals surface area contributed by atoms with Crippen molar-refractivity contribution < 1.29 is 34.5 Å². The number of hydrogen-bond donors (Lipinski definition) is 7. The molecule has 11 heteroatoms. The SMILES string of the molecule is CC(NC(=O)C(CO)NC(=O)C(N)CO)C(=O)NC(Cc1ccccc1)C(=O)O. The van der Waals surface area contributed by atoms with Crippen LogP contribution >= 0.6 is 0 Å². The van der Waals surface area contributed by atoms with E-state index in [1.54, 1.807) is 30.3 Å². The lowest BCUT2D eigenvalue weighted by atomic mass is 10.1. The van der Waals surface area contributed by atoms with E-state index in [1.165, 1.54) is 6.92 Å². The number of hydrogen-bond acceptors (Lipinski definition) is 7. The van der Waals surface area contributed by atoms with Crippen LogP contribution in [-0.4, -0.2) is 76.4 Å². The van der Waals surface area contributed by atoms with Gasteiger partial charge in [0.1, 0.15) is 24.2 Å². The number of nitrogens with two attached hydrogens (primary N) is 1. The Kier molecular flexibility index (Phi) is 9.72. The van der Waals surface area contributed by atoms with Crippen LogP contribution in [0.25, 0.3) is 0 Å². The highest BCUT2D eigenvalue weighted by Crippen LogP contribution is 2.04. The van der Waals surface area contributed by atoms with Gasteiger partial charge >= 0.3 is 5.97 Å². The molecule has 0 aliphatic carbocycles. The van der Waals surface area contributed by atoms with Crippen molar-refractivity contribution in [1.29, 1.82) is 0 Å². The predicted molar refractivity (Wildman–Crippen MR) is 101 cm³/mol. The lowest BCUT2D eigenvalue weighted by Gasteiger charge is -2.22. The third-order valence-electron chi connectivity index (χ3n) is 4.00. The molecule has 4 unspecified atom stereocenters. The predicted octanol–water partition coefficient (Wildman–Crippen LogP) is -2.90. The van der Waals surface area contributed by atoms with Gasteiger partial charge in [0.25, 0.3) is 0 Å². The summed E-state index contributed by atoms with van der Waals surface area (Å²) < 4.78 is 0. The lowest BCUT2D eigenvalue weighted by molar-refractivity contribution is -0.142. The molecule has 8 N–H and O–H groups in total. The van der Waals surface area contributed by atoms with Gasteiger partial charge in [0.15, 0.2) is 0 Å². The summed E-state index contributed by atoms with van der Waals surface area (Å²) in [6.45, 7) is -0.0946. The lowest BCUT2D eigenvalue weighted by Crippen LogP contribution is -2.57. The fourth-order valence-electron chi connectivity index (χ4n) is 2.28. The van der Waals surface area contributed by atoms with E-state index in [2.05, 4.69) is 16.0 Å². The highest BCUT2D eigenvalue weighted by atomic mass is 16.4. The van der Waals surface area contributed by atoms with Gasteiger partial charge in [0.2, 0.25) is 17.7 Å². The number of aliphatic hydroxyl groups is 2. The Morgan fingerprint density at radius 3 is 2.00 bits per heavy atom. The first-order chi connectivity index (χ1) is 13.7. The molecule has 1 aromatic rings. The number of nitrogens with one attached hydrogen (secondary N) is 3. The molecule has 29 heavy (non-hydrogen) atoms. The molecule has 11 nitrogen and oxygen atoms in total. The van der Waals surface area contributed by atoms with Crippen molar-refractivity contribution in [3.8, 4) is 0 Å². The molecule has 0 heterocycles. The van der Waals surface area contributed by atoms with Gasteiger partial charge < -0.3 is 37.0 Å². The van der Waals surface area contributed by atoms with E-state index in [0.29, 0.717) is 5.56 Å². The minimum atomic E-state index is -1.39. The number of aliphatic carboxylic acids is 1. The van der Waals surface area contributed by atoms with Crippen molar-refractivity contribution in [2.24, 2.45) is 5.73 Å². The summed E-state index contributed by atoms with van der Waals surface area (Å²) in [5.74, 6) is -3.72. The number of carboxylic acids is 1. The molecule has 0 fully saturated rings. The van der Waals surface area contributed by atoms with Crippen LogP contribution in [0.1, 0.15) is 12.5 Å². The summed E-state index contributed by atoms with van der Waals surface area (Å²) in [6, 6.07) is 3.69. The van der Waals surface area contributed by atoms with Crippen molar-refractivity contribution in [3.63, 3.8) is 0 Å². The molecule has 1 aromatic carbocycles. The number of carbonyl (C=O) groups is 4. The highest BCUT2D eigenvalue weighted by Gasteiger charge is 2.27. The molecule has 0 saturated heterocycles. The molecule has 3 amide bonds. The monoisotopic (exact) mass is 410 g/mol. The second kappa shape index (κ2) is 11.7. The summed E-state index contributed by atoms with van der Waals surface area (Å²) in [5, 5.41) is 34.2. The van der Waals surface area contributed by atoms with E-state index >= 15 is 0 Å². The molecular formula is C18H26N4O7. The quantitative estimate of drug-likeness (QED) is 0.202. The van der Waals surface area contributed by atoms with Crippen LogP contribution in [0.5, 0.6) is 0 Å². The van der Waals surface area contributed by atoms with Crippen molar-refractivity contribution in [3.05, 3.63) is 35.9 Å². The maximum atomic E-state index is 12.3. The van der Waals surface area contributed by atoms with Crippen LogP contribution < -0.4 is 21.7 Å². The first kappa shape index (κ1) is 24.0. The van der Waals surface area contributed by atoms with Gasteiger partial charge in [0, 0.05) is 6.42 Å². The Bertz CT molecular complexity index is 713. The molecule has 0 aliphatic rings. The van der Waals surface area contributed by atoms with Gasteiger partial charge in [-0.05, 0) is 12.5 Å². The zero-order valence-corrected chi connectivity index (χ0v) is 15.9. The second-order valence-electron chi connectivity index (χ2n) is 6.35. The third-order valence-corrected chi connectivity index (χ3v) is 4.00. The standard InChI is InChI=1S/C18H26N4O7/c1-10(20-17(27)14(9-24)22-16(26)12(19)8-23)15(25)21-13(18(28)29)7-11-5-3-2-4-6-11/h2-6,10,12-14,23-24H,7-9,19H2,1H3,(H,20,27)(H,21,25)(H,22,26)(H,28,29). The van der Waals surface area contributed by atoms with E-state index < -0.39 is 61.1 Å². The number of rotatable bonds is 11. The molecule has 0 saturated carbocycles. The largest absolute Gasteiger partial charge is 0.480 e. The first-order valence-corrected chi connectivity index (χ1v) is 8.84. The van der Waals surface area contributed by atoms with E-state index in [0.717, 1.165) is 0 Å². The normalized spacial score (nSPS) is 14.8. The van der Waals surface area contributed by atoms with E-state index in [4.69, 9.17) is 10.8 Å². The van der Waals surface area contributed by atoms with Gasteiger partial charge in [-0.25, -0.2) is 4.79 Å². The third kappa shape index (κ3) is 7.86. The number of aliphatic hydroxyl groups excluding tert-OH is 2. The average Bonchev–Trinajstić information content (AvgIpc) is 2.70. The molecule has 1 rings (SSSR count). The van der Waals surface area contributed by atoms with Crippen LogP contribution in [0.3, 0.4) is 0 Å². The van der Waals surface area contributed by atoms with Crippen LogP contribution in [0.15, 0.2) is 30.3 Å². The van der Waals surface area contributed by atoms with E-state index in [1.807, 2.05) is 0 Å². The summed E-state index contributed by atoms with van der Waals surface area (Å²) in [7, 11) is 0. The van der Waals surface area contributed by atoms with Crippen molar-refractivity contribution in [2.45, 2.75) is 37.5 Å². The number of benzene rings is 1. The smallest absolute Gasteiger partial charge is 0.326 e. The maximum absolute atomic E-state index is 12.3. The minimum absolute atomic E-state index is 0.0525. The Hall–Kier alpha value is -3.02. The molecule has 0 aromatic heterocycles. The second-order valence-corrected chi connectivity index (χ2v) is 6.35. The van der Waals surface area contributed by atoms with E-state index in [-0.39, 0.29) is 6.42 Å². The zero-order valence-electron chi connectivity index (χ0n) is 15.9. The minimum Gasteiger partial charge on any atom is -0.480 e. The van der Waals surface area contributed by atoms with Crippen molar-refractivity contribution in [1.82, 2.24) is 16.0 Å². The number of amides is 3. The van der Waals surface area contributed by atoms with Crippen molar-refractivity contribution in [2.75, 3.05) is 13.2 Å². The Labute approximate surface area is 167 Å². The molecule has 160 valence electrons. The van der Waals surface area contributed by atoms with Gasteiger partial charge in [0.05, 0.1) is 13.2 Å². The molecule has 0 aliphatic heterocycles. The van der Waals surface area contributed by atoms with Crippen LogP contribution in [0.2, 0.25) is 0 Å². The highest BCUT2D eigenvalue weighted by molar-refractivity contribution is 5.94. The summed E-state index contributed by atoms with van der Waals surface area (Å²) in [5.41, 5.74) is 6.03. The zero-order chi connectivity index (χ0) is 22.0.